The lowest BCUT2D eigenvalue weighted by atomic mass is 9.56. The van der Waals surface area contributed by atoms with Gasteiger partial charge in [0.05, 0.1) is 18.3 Å². The van der Waals surface area contributed by atoms with Gasteiger partial charge in [-0.15, -0.1) is 0 Å². The number of halogens is 1. The summed E-state index contributed by atoms with van der Waals surface area (Å²) in [5.74, 6) is -0.576. The molecule has 0 radical (unpaired) electrons. The van der Waals surface area contributed by atoms with Crippen molar-refractivity contribution in [2.45, 2.75) is 90.6 Å². The third-order valence-corrected chi connectivity index (χ3v) is 7.78. The predicted molar refractivity (Wildman–Crippen MR) is 141 cm³/mol. The summed E-state index contributed by atoms with van der Waals surface area (Å²) in [4.78, 5) is 37.7. The average Bonchev–Trinajstić information content (AvgIpc) is 3.16. The Morgan fingerprint density at radius 3 is 2.43 bits per heavy atom. The number of aliphatic hydroxyl groups excluding tert-OH is 1. The number of amides is 2. The van der Waals surface area contributed by atoms with Gasteiger partial charge in [-0.25, -0.2) is 14.2 Å². The number of rotatable bonds is 3. The molecule has 2 unspecified atom stereocenters. The fraction of sp³-hybridized carbons (Fsp3) is 0.643. The van der Waals surface area contributed by atoms with Gasteiger partial charge in [-0.3, -0.25) is 20.0 Å². The smallest absolute Gasteiger partial charge is 0.414 e. The second kappa shape index (κ2) is 8.89. The van der Waals surface area contributed by atoms with Crippen LogP contribution >= 0.6 is 0 Å². The first-order valence-electron chi connectivity index (χ1n) is 12.9. The Labute approximate surface area is 218 Å². The first-order valence-corrected chi connectivity index (χ1v) is 12.9. The lowest BCUT2D eigenvalue weighted by Crippen LogP contribution is -2.56. The van der Waals surface area contributed by atoms with Crippen LogP contribution < -0.4 is 5.32 Å². The zero-order valence-corrected chi connectivity index (χ0v) is 22.9. The van der Waals surface area contributed by atoms with Gasteiger partial charge in [-0.1, -0.05) is 19.9 Å². The van der Waals surface area contributed by atoms with E-state index in [4.69, 9.17) is 9.73 Å². The average molecular weight is 515 g/mol. The van der Waals surface area contributed by atoms with E-state index in [1.807, 2.05) is 32.0 Å². The number of nitrogens with one attached hydrogen (secondary N) is 1. The van der Waals surface area contributed by atoms with Gasteiger partial charge >= 0.3 is 6.09 Å². The molecule has 1 aromatic carbocycles. The first kappa shape index (κ1) is 27.2. The largest absolute Gasteiger partial charge is 0.444 e. The number of carbonyl (C=O) groups excluding carboxylic acids is 2. The number of nitrogens with zero attached hydrogens (tertiary/aromatic N) is 3. The number of aliphatic imine (C=N–C) groups is 2. The van der Waals surface area contributed by atoms with Gasteiger partial charge in [-0.2, -0.15) is 0 Å². The lowest BCUT2D eigenvalue weighted by Gasteiger charge is -2.49. The summed E-state index contributed by atoms with van der Waals surface area (Å²) in [5.41, 5.74) is -2.34. The van der Waals surface area contributed by atoms with Crippen LogP contribution in [0.5, 0.6) is 0 Å². The summed E-state index contributed by atoms with van der Waals surface area (Å²) < 4.78 is 20.5. The van der Waals surface area contributed by atoms with Gasteiger partial charge in [0.15, 0.2) is 5.54 Å². The lowest BCUT2D eigenvalue weighted by molar-refractivity contribution is -0.142. The number of aliphatic hydroxyl groups is 1. The fourth-order valence-corrected chi connectivity index (χ4v) is 6.58. The van der Waals surface area contributed by atoms with E-state index in [-0.39, 0.29) is 30.2 Å². The molecule has 1 saturated carbocycles. The molecule has 2 N–H and O–H groups in total. The van der Waals surface area contributed by atoms with Crippen LogP contribution in [-0.4, -0.2) is 58.6 Å². The van der Waals surface area contributed by atoms with E-state index < -0.39 is 34.4 Å². The molecule has 5 atom stereocenters. The molecular weight excluding hydrogens is 475 g/mol. The molecule has 4 rings (SSSR count). The number of alkyl carbamates (subject to hydrolysis) is 1. The van der Waals surface area contributed by atoms with Crippen LogP contribution in [0, 0.1) is 17.3 Å². The van der Waals surface area contributed by atoms with Crippen LogP contribution in [0.3, 0.4) is 0 Å². The van der Waals surface area contributed by atoms with Crippen molar-refractivity contribution in [2.24, 2.45) is 27.2 Å². The summed E-state index contributed by atoms with van der Waals surface area (Å²) in [6.45, 7) is 15.3. The molecule has 0 aromatic heterocycles. The van der Waals surface area contributed by atoms with Crippen molar-refractivity contribution in [1.82, 2.24) is 10.2 Å². The zero-order valence-electron chi connectivity index (χ0n) is 22.9. The molecule has 1 heterocycles. The molecule has 37 heavy (non-hydrogen) atoms. The maximum Gasteiger partial charge on any atom is 0.414 e. The van der Waals surface area contributed by atoms with Crippen LogP contribution in [0.2, 0.25) is 0 Å². The van der Waals surface area contributed by atoms with Crippen molar-refractivity contribution in [3.8, 4) is 0 Å². The monoisotopic (exact) mass is 514 g/mol. The minimum atomic E-state index is -1.75. The minimum absolute atomic E-state index is 0.0272. The van der Waals surface area contributed by atoms with E-state index >= 15 is 4.39 Å². The van der Waals surface area contributed by atoms with E-state index in [1.54, 1.807) is 20.8 Å². The van der Waals surface area contributed by atoms with Crippen LogP contribution in [0.4, 0.5) is 14.9 Å². The molecule has 202 valence electrons. The molecule has 1 aromatic rings. The highest BCUT2D eigenvalue weighted by molar-refractivity contribution is 6.12. The second-order valence-corrected chi connectivity index (χ2v) is 12.7. The molecule has 2 aliphatic carbocycles. The number of hydrogen-bond donors (Lipinski definition) is 2. The van der Waals surface area contributed by atoms with Gasteiger partial charge in [-0.05, 0) is 95.7 Å². The molecule has 0 bridgehead atoms. The van der Waals surface area contributed by atoms with Gasteiger partial charge in [0, 0.05) is 5.41 Å². The third kappa shape index (κ3) is 4.67. The van der Waals surface area contributed by atoms with E-state index in [2.05, 4.69) is 17.0 Å². The number of hydrogen-bond acceptors (Lipinski definition) is 6. The van der Waals surface area contributed by atoms with Crippen LogP contribution in [0.1, 0.15) is 72.4 Å². The molecule has 2 spiro atoms. The molecule has 9 heteroatoms. The minimum Gasteiger partial charge on any atom is -0.444 e. The Morgan fingerprint density at radius 2 is 1.89 bits per heavy atom. The number of guanidine groups is 1. The highest BCUT2D eigenvalue weighted by atomic mass is 19.1. The number of benzene rings is 1. The molecule has 3 aliphatic rings. The quantitative estimate of drug-likeness (QED) is 0.573. The van der Waals surface area contributed by atoms with E-state index in [0.29, 0.717) is 30.5 Å². The Kier molecular flexibility index (Phi) is 6.54. The van der Waals surface area contributed by atoms with E-state index in [1.165, 1.54) is 18.7 Å². The Hall–Kier alpha value is -2.81. The topological polar surface area (TPSA) is 104 Å². The first-order chi connectivity index (χ1) is 17.0. The van der Waals surface area contributed by atoms with Crippen LogP contribution in [-0.2, 0) is 21.5 Å². The highest BCUT2D eigenvalue weighted by Gasteiger charge is 2.68. The van der Waals surface area contributed by atoms with Crippen molar-refractivity contribution in [3.05, 3.63) is 29.3 Å². The number of alkyl halides is 1. The molecule has 1 fully saturated rings. The predicted octanol–water partition coefficient (Wildman–Crippen LogP) is 4.65. The van der Waals surface area contributed by atoms with Gasteiger partial charge in [0.2, 0.25) is 5.96 Å². The molecule has 1 aliphatic heterocycles. The van der Waals surface area contributed by atoms with Crippen molar-refractivity contribution in [1.29, 1.82) is 0 Å². The fourth-order valence-electron chi connectivity index (χ4n) is 6.58. The van der Waals surface area contributed by atoms with Gasteiger partial charge in [0.1, 0.15) is 11.3 Å². The maximum absolute atomic E-state index is 15.0. The summed E-state index contributed by atoms with van der Waals surface area (Å²) in [5, 5.41) is 13.4. The summed E-state index contributed by atoms with van der Waals surface area (Å²) in [6, 6.07) is 5.63. The van der Waals surface area contributed by atoms with Crippen LogP contribution in [0.15, 0.2) is 28.2 Å². The van der Waals surface area contributed by atoms with E-state index in [0.717, 1.165) is 5.56 Å². The van der Waals surface area contributed by atoms with Crippen molar-refractivity contribution >= 4 is 30.4 Å². The Morgan fingerprint density at radius 1 is 1.27 bits per heavy atom. The van der Waals surface area contributed by atoms with Crippen molar-refractivity contribution in [2.75, 3.05) is 6.54 Å². The van der Waals surface area contributed by atoms with Gasteiger partial charge < -0.3 is 9.84 Å². The SMILES string of the molecule is C=Nc1ccc2c(c1)[C@]1(N=C(NC(=O)OC(C)(C)C)N(CC(C)(C)F)C1=O)C1(C2)C[C@@H](C)C(O)[C@@H](C)C1. The van der Waals surface area contributed by atoms with Crippen LogP contribution in [0.25, 0.3) is 0 Å². The van der Waals surface area contributed by atoms with Gasteiger partial charge in [0.25, 0.3) is 5.91 Å². The standard InChI is InChI=1S/C28H39FN4O4/c1-16-12-27(13-17(2)21(16)34)14-18-9-10-19(30-8)11-20(18)28(27)22(35)33(15-26(6,7)29)23(32-28)31-24(36)37-25(3,4)5/h9-11,16-17,21,34H,8,12-15H2,1-7H3,(H,31,32,36)/t16-,17+,21?,27?,28-/m1/s1. The Bertz CT molecular complexity index is 1140. The molecular formula is C28H39FN4O4. The second-order valence-electron chi connectivity index (χ2n) is 12.7. The summed E-state index contributed by atoms with van der Waals surface area (Å²) >= 11 is 0. The summed E-state index contributed by atoms with van der Waals surface area (Å²) in [7, 11) is 0. The number of fused-ring (bicyclic) bond motifs is 3. The number of carbonyl (C=O) groups is 2. The van der Waals surface area contributed by atoms with E-state index in [9.17, 15) is 14.7 Å². The molecule has 2 amide bonds. The normalized spacial score (nSPS) is 31.5. The zero-order chi connectivity index (χ0) is 27.6. The molecule has 8 nitrogen and oxygen atoms in total. The van der Waals surface area contributed by atoms with Crippen molar-refractivity contribution < 1.29 is 23.8 Å². The Balaban J connectivity index is 1.92. The third-order valence-electron chi connectivity index (χ3n) is 7.78. The maximum atomic E-state index is 15.0. The summed E-state index contributed by atoms with van der Waals surface area (Å²) in [6.07, 6.45) is 0.394. The number of ether oxygens (including phenoxy) is 1. The molecule has 0 saturated heterocycles. The highest BCUT2D eigenvalue weighted by Crippen LogP contribution is 2.63. The van der Waals surface area contributed by atoms with Crippen molar-refractivity contribution in [3.63, 3.8) is 0 Å².